The summed E-state index contributed by atoms with van der Waals surface area (Å²) in [5, 5.41) is 48.0. The number of benzene rings is 1. The van der Waals surface area contributed by atoms with Crippen molar-refractivity contribution < 1.29 is 39.7 Å². The van der Waals surface area contributed by atoms with Gasteiger partial charge in [0.25, 0.3) is 11.3 Å². The monoisotopic (exact) mass is 299 g/mol. The van der Waals surface area contributed by atoms with Crippen LogP contribution in [0.3, 0.4) is 0 Å². The summed E-state index contributed by atoms with van der Waals surface area (Å²) in [5.41, 5.74) is -8.36. The van der Waals surface area contributed by atoms with Crippen LogP contribution in [0.25, 0.3) is 0 Å². The molecular formula is C11H9NO9. The minimum atomic E-state index is -3.67. The number of carboxylic acids is 2. The topological polar surface area (TPSA) is 175 Å². The predicted octanol–water partition coefficient (Wildman–Crippen LogP) is -1.12. The predicted molar refractivity (Wildman–Crippen MR) is 63.3 cm³/mol. The molecule has 21 heavy (non-hydrogen) atoms. The largest absolute Gasteiger partial charge is 0.479 e. The standard InChI is InChI=1S/C11H9NO9/c13-5-10(18,8(14)15)11(19,9(16)17)6-1-3-7(4-2-6)12(20)21/h1-5,18-19H,(H,14,15)(H,16,17). The number of aliphatic carboxylic acids is 2. The zero-order valence-corrected chi connectivity index (χ0v) is 10.2. The fourth-order valence-electron chi connectivity index (χ4n) is 1.62. The van der Waals surface area contributed by atoms with Crippen molar-refractivity contribution in [1.29, 1.82) is 0 Å². The van der Waals surface area contributed by atoms with Gasteiger partial charge in [0, 0.05) is 12.1 Å². The van der Waals surface area contributed by atoms with Crippen LogP contribution in [0, 0.1) is 10.1 Å². The molecular weight excluding hydrogens is 290 g/mol. The van der Waals surface area contributed by atoms with E-state index < -0.39 is 45.6 Å². The number of nitro groups is 1. The molecule has 0 aliphatic carbocycles. The molecule has 0 saturated carbocycles. The van der Waals surface area contributed by atoms with E-state index in [0.29, 0.717) is 0 Å². The second-order valence-corrected chi connectivity index (χ2v) is 4.01. The Balaban J connectivity index is 3.55. The van der Waals surface area contributed by atoms with Crippen LogP contribution in [-0.4, -0.2) is 49.2 Å². The van der Waals surface area contributed by atoms with Crippen LogP contribution in [0.1, 0.15) is 5.56 Å². The number of aliphatic hydroxyl groups is 2. The molecule has 1 aromatic rings. The maximum atomic E-state index is 11.2. The molecule has 0 spiro atoms. The van der Waals surface area contributed by atoms with Crippen molar-refractivity contribution >= 4 is 23.9 Å². The van der Waals surface area contributed by atoms with Crippen LogP contribution in [-0.2, 0) is 20.0 Å². The minimum Gasteiger partial charge on any atom is -0.479 e. The highest BCUT2D eigenvalue weighted by molar-refractivity contribution is 6.04. The van der Waals surface area contributed by atoms with Crippen LogP contribution >= 0.6 is 0 Å². The average Bonchev–Trinajstić information content (AvgIpc) is 2.44. The fraction of sp³-hybridized carbons (Fsp3) is 0.182. The molecule has 0 aromatic heterocycles. The Morgan fingerprint density at radius 3 is 1.86 bits per heavy atom. The van der Waals surface area contributed by atoms with Gasteiger partial charge in [-0.3, -0.25) is 14.9 Å². The first-order valence-electron chi connectivity index (χ1n) is 5.24. The quantitative estimate of drug-likeness (QED) is 0.219. The Bertz CT molecular complexity index is 611. The first-order valence-corrected chi connectivity index (χ1v) is 5.24. The van der Waals surface area contributed by atoms with Crippen LogP contribution in [0.4, 0.5) is 5.69 Å². The summed E-state index contributed by atoms with van der Waals surface area (Å²) in [7, 11) is 0. The Labute approximate surface area is 116 Å². The summed E-state index contributed by atoms with van der Waals surface area (Å²) in [5.74, 6) is -4.51. The molecule has 10 heteroatoms. The first-order chi connectivity index (χ1) is 9.61. The van der Waals surface area contributed by atoms with Gasteiger partial charge >= 0.3 is 11.9 Å². The first kappa shape index (κ1) is 16.2. The lowest BCUT2D eigenvalue weighted by Crippen LogP contribution is -2.62. The third-order valence-electron chi connectivity index (χ3n) is 2.85. The zero-order valence-electron chi connectivity index (χ0n) is 10.2. The Morgan fingerprint density at radius 1 is 1.10 bits per heavy atom. The van der Waals surface area contributed by atoms with E-state index in [0.717, 1.165) is 24.3 Å². The molecule has 0 saturated heterocycles. The van der Waals surface area contributed by atoms with Gasteiger partial charge in [-0.25, -0.2) is 9.59 Å². The normalized spacial score (nSPS) is 16.3. The van der Waals surface area contributed by atoms with Crippen molar-refractivity contribution in [3.63, 3.8) is 0 Å². The molecule has 0 radical (unpaired) electrons. The van der Waals surface area contributed by atoms with Crippen LogP contribution in [0.5, 0.6) is 0 Å². The van der Waals surface area contributed by atoms with Gasteiger partial charge in [-0.15, -0.1) is 0 Å². The lowest BCUT2D eigenvalue weighted by atomic mass is 9.78. The number of hydrogen-bond donors (Lipinski definition) is 4. The van der Waals surface area contributed by atoms with Gasteiger partial charge in [-0.2, -0.15) is 0 Å². The third-order valence-corrected chi connectivity index (χ3v) is 2.85. The summed E-state index contributed by atoms with van der Waals surface area (Å²) >= 11 is 0. The fourth-order valence-corrected chi connectivity index (χ4v) is 1.62. The van der Waals surface area contributed by atoms with Crippen LogP contribution in [0.2, 0.25) is 0 Å². The second-order valence-electron chi connectivity index (χ2n) is 4.01. The molecule has 1 aromatic carbocycles. The highest BCUT2D eigenvalue weighted by Crippen LogP contribution is 2.34. The number of hydrogen-bond acceptors (Lipinski definition) is 7. The maximum absolute atomic E-state index is 11.2. The number of carboxylic acid groups (broad SMARTS) is 2. The van der Waals surface area contributed by atoms with Gasteiger partial charge in [0.1, 0.15) is 0 Å². The van der Waals surface area contributed by atoms with E-state index >= 15 is 0 Å². The number of nitrogens with zero attached hydrogens (tertiary/aromatic N) is 1. The molecule has 112 valence electrons. The van der Waals surface area contributed by atoms with Gasteiger partial charge < -0.3 is 20.4 Å². The summed E-state index contributed by atoms with van der Waals surface area (Å²) in [4.78, 5) is 42.6. The van der Waals surface area contributed by atoms with Crippen molar-refractivity contribution in [2.75, 3.05) is 0 Å². The van der Waals surface area contributed by atoms with E-state index in [2.05, 4.69) is 0 Å². The van der Waals surface area contributed by atoms with Crippen molar-refractivity contribution in [3.8, 4) is 0 Å². The Hall–Kier alpha value is -2.85. The number of carbonyl (C=O) groups excluding carboxylic acids is 1. The van der Waals surface area contributed by atoms with E-state index in [1.165, 1.54) is 0 Å². The Kier molecular flexibility index (Phi) is 4.06. The van der Waals surface area contributed by atoms with Crippen molar-refractivity contribution in [1.82, 2.24) is 0 Å². The summed E-state index contributed by atoms with van der Waals surface area (Å²) in [6.07, 6.45) is -0.634. The smallest absolute Gasteiger partial charge is 0.347 e. The van der Waals surface area contributed by atoms with E-state index in [9.17, 15) is 34.7 Å². The van der Waals surface area contributed by atoms with Gasteiger partial charge in [0.15, 0.2) is 6.29 Å². The second kappa shape index (κ2) is 5.26. The molecule has 0 bridgehead atoms. The number of aldehydes is 1. The molecule has 0 amide bonds. The van der Waals surface area contributed by atoms with Crippen molar-refractivity contribution in [2.24, 2.45) is 0 Å². The molecule has 2 unspecified atom stereocenters. The van der Waals surface area contributed by atoms with Crippen LogP contribution in [0.15, 0.2) is 24.3 Å². The SMILES string of the molecule is O=CC(O)(C(=O)O)C(O)(C(=O)O)c1ccc([N+](=O)[O-])cc1. The van der Waals surface area contributed by atoms with Gasteiger partial charge in [-0.1, -0.05) is 0 Å². The molecule has 0 aliphatic heterocycles. The van der Waals surface area contributed by atoms with E-state index in [1.54, 1.807) is 0 Å². The highest BCUT2D eigenvalue weighted by Gasteiger charge is 2.62. The number of carbonyl (C=O) groups is 3. The van der Waals surface area contributed by atoms with Crippen LogP contribution < -0.4 is 0 Å². The minimum absolute atomic E-state index is 0.462. The summed E-state index contributed by atoms with van der Waals surface area (Å²) in [6.45, 7) is 0. The molecule has 4 N–H and O–H groups in total. The molecule has 2 atom stereocenters. The molecule has 1 rings (SSSR count). The lowest BCUT2D eigenvalue weighted by Gasteiger charge is -2.33. The third kappa shape index (κ3) is 2.32. The van der Waals surface area contributed by atoms with E-state index in [1.807, 2.05) is 0 Å². The molecule has 0 aliphatic rings. The number of rotatable bonds is 6. The lowest BCUT2D eigenvalue weighted by molar-refractivity contribution is -0.384. The molecule has 0 fully saturated rings. The van der Waals surface area contributed by atoms with E-state index in [-0.39, 0.29) is 0 Å². The highest BCUT2D eigenvalue weighted by atomic mass is 16.6. The summed E-state index contributed by atoms with van der Waals surface area (Å²) in [6, 6.07) is 3.03. The zero-order chi connectivity index (χ0) is 16.4. The van der Waals surface area contributed by atoms with Crippen molar-refractivity contribution in [3.05, 3.63) is 39.9 Å². The van der Waals surface area contributed by atoms with Gasteiger partial charge in [0.05, 0.1) is 4.92 Å². The van der Waals surface area contributed by atoms with Gasteiger partial charge in [0.2, 0.25) is 5.60 Å². The maximum Gasteiger partial charge on any atom is 0.347 e. The average molecular weight is 299 g/mol. The number of nitro benzene ring substituents is 1. The van der Waals surface area contributed by atoms with Crippen molar-refractivity contribution in [2.45, 2.75) is 11.2 Å². The van der Waals surface area contributed by atoms with E-state index in [4.69, 9.17) is 10.2 Å². The summed E-state index contributed by atoms with van der Waals surface area (Å²) < 4.78 is 0. The molecule has 10 nitrogen and oxygen atoms in total. The Morgan fingerprint density at radius 2 is 1.57 bits per heavy atom. The molecule has 0 heterocycles. The van der Waals surface area contributed by atoms with Gasteiger partial charge in [-0.05, 0) is 17.7 Å². The number of non-ortho nitro benzene ring substituents is 1.